The summed E-state index contributed by atoms with van der Waals surface area (Å²) in [5.74, 6) is 0.499. The van der Waals surface area contributed by atoms with E-state index in [1.165, 1.54) is 12.1 Å². The summed E-state index contributed by atoms with van der Waals surface area (Å²) in [5.41, 5.74) is 2.46. The first-order valence-electron chi connectivity index (χ1n) is 8.85. The number of piperidine rings is 1. The maximum atomic E-state index is 12.9. The van der Waals surface area contributed by atoms with Crippen LogP contribution in [-0.2, 0) is 6.42 Å². The number of hydrogen-bond acceptors (Lipinski definition) is 3. The Kier molecular flexibility index (Phi) is 5.64. The molecule has 0 spiro atoms. The molecule has 0 saturated carbocycles. The summed E-state index contributed by atoms with van der Waals surface area (Å²) in [7, 11) is 0. The van der Waals surface area contributed by atoms with E-state index in [1.54, 1.807) is 24.4 Å². The zero-order chi connectivity index (χ0) is 17.6. The third kappa shape index (κ3) is 4.78. The summed E-state index contributed by atoms with van der Waals surface area (Å²) in [6, 6.07) is 10.2. The number of carbonyl (C=O) groups excluding carboxylic acids is 1. The SMILES string of the molecule is CC1CCN(C(=O)c2ccc(NCCc3ccc(F)cc3)cn2)CC1. The van der Waals surface area contributed by atoms with Gasteiger partial charge >= 0.3 is 0 Å². The number of hydrogen-bond donors (Lipinski definition) is 1. The van der Waals surface area contributed by atoms with E-state index < -0.39 is 0 Å². The quantitative estimate of drug-likeness (QED) is 0.901. The molecule has 1 N–H and O–H groups in total. The van der Waals surface area contributed by atoms with Crippen molar-refractivity contribution in [3.63, 3.8) is 0 Å². The summed E-state index contributed by atoms with van der Waals surface area (Å²) >= 11 is 0. The number of nitrogens with zero attached hydrogens (tertiary/aromatic N) is 2. The summed E-state index contributed by atoms with van der Waals surface area (Å²) in [6.45, 7) is 4.59. The first-order chi connectivity index (χ1) is 12.1. The molecular formula is C20H24FN3O. The largest absolute Gasteiger partial charge is 0.383 e. The molecule has 0 radical (unpaired) electrons. The molecule has 1 fully saturated rings. The monoisotopic (exact) mass is 341 g/mol. The number of halogens is 1. The number of anilines is 1. The molecule has 2 aromatic rings. The van der Waals surface area contributed by atoms with Crippen molar-refractivity contribution >= 4 is 11.6 Å². The average molecular weight is 341 g/mol. The van der Waals surface area contributed by atoms with Gasteiger partial charge in [0.25, 0.3) is 5.91 Å². The van der Waals surface area contributed by atoms with Gasteiger partial charge in [0.15, 0.2) is 0 Å². The van der Waals surface area contributed by atoms with E-state index >= 15 is 0 Å². The maximum absolute atomic E-state index is 12.9. The molecule has 4 nitrogen and oxygen atoms in total. The Morgan fingerprint density at radius 2 is 1.92 bits per heavy atom. The molecule has 1 amide bonds. The standard InChI is InChI=1S/C20H24FN3O/c1-15-9-12-24(13-10-15)20(25)19-7-6-18(14-23-19)22-11-8-16-2-4-17(21)5-3-16/h2-7,14-15,22H,8-13H2,1H3. The smallest absolute Gasteiger partial charge is 0.272 e. The lowest BCUT2D eigenvalue weighted by atomic mass is 9.99. The minimum Gasteiger partial charge on any atom is -0.383 e. The summed E-state index contributed by atoms with van der Waals surface area (Å²) in [6.07, 6.45) is 4.63. The zero-order valence-corrected chi connectivity index (χ0v) is 14.5. The predicted molar refractivity (Wildman–Crippen MR) is 97.1 cm³/mol. The number of amides is 1. The number of pyridine rings is 1. The van der Waals surface area contributed by atoms with Crippen molar-refractivity contribution < 1.29 is 9.18 Å². The molecular weight excluding hydrogens is 317 g/mol. The number of nitrogens with one attached hydrogen (secondary N) is 1. The number of likely N-dealkylation sites (tertiary alicyclic amines) is 1. The molecule has 1 saturated heterocycles. The van der Waals surface area contributed by atoms with Crippen LogP contribution in [-0.4, -0.2) is 35.4 Å². The minimum atomic E-state index is -0.218. The molecule has 1 aromatic carbocycles. The van der Waals surface area contributed by atoms with Gasteiger partial charge in [0.1, 0.15) is 11.5 Å². The highest BCUT2D eigenvalue weighted by atomic mass is 19.1. The first-order valence-corrected chi connectivity index (χ1v) is 8.85. The molecule has 0 bridgehead atoms. The highest BCUT2D eigenvalue weighted by molar-refractivity contribution is 5.92. The van der Waals surface area contributed by atoms with Gasteiger partial charge in [-0.1, -0.05) is 19.1 Å². The molecule has 0 unspecified atom stereocenters. The normalized spacial score (nSPS) is 15.2. The van der Waals surface area contributed by atoms with Crippen LogP contribution in [0.2, 0.25) is 0 Å². The molecule has 3 rings (SSSR count). The second-order valence-corrected chi connectivity index (χ2v) is 6.71. The Hall–Kier alpha value is -2.43. The summed E-state index contributed by atoms with van der Waals surface area (Å²) in [5, 5.41) is 3.28. The van der Waals surface area contributed by atoms with E-state index in [2.05, 4.69) is 17.2 Å². The fraction of sp³-hybridized carbons (Fsp3) is 0.400. The maximum Gasteiger partial charge on any atom is 0.272 e. The van der Waals surface area contributed by atoms with Crippen LogP contribution >= 0.6 is 0 Å². The molecule has 5 heteroatoms. The summed E-state index contributed by atoms with van der Waals surface area (Å²) < 4.78 is 12.9. The van der Waals surface area contributed by atoms with E-state index in [9.17, 15) is 9.18 Å². The third-order valence-corrected chi connectivity index (χ3v) is 4.71. The number of aromatic nitrogens is 1. The molecule has 25 heavy (non-hydrogen) atoms. The molecule has 1 aliphatic heterocycles. The van der Waals surface area contributed by atoms with Gasteiger partial charge in [0, 0.05) is 19.6 Å². The second-order valence-electron chi connectivity index (χ2n) is 6.71. The zero-order valence-electron chi connectivity index (χ0n) is 14.5. The van der Waals surface area contributed by atoms with Crippen molar-refractivity contribution in [2.24, 2.45) is 5.92 Å². The van der Waals surface area contributed by atoms with Crippen LogP contribution in [0.4, 0.5) is 10.1 Å². The van der Waals surface area contributed by atoms with Gasteiger partial charge in [-0.25, -0.2) is 9.37 Å². The molecule has 1 aliphatic rings. The minimum absolute atomic E-state index is 0.0183. The van der Waals surface area contributed by atoms with Crippen molar-refractivity contribution in [2.75, 3.05) is 25.0 Å². The number of benzene rings is 1. The summed E-state index contributed by atoms with van der Waals surface area (Å²) in [4.78, 5) is 18.7. The molecule has 0 atom stereocenters. The van der Waals surface area contributed by atoms with Gasteiger partial charge in [-0.3, -0.25) is 4.79 Å². The van der Waals surface area contributed by atoms with Crippen LogP contribution in [0.3, 0.4) is 0 Å². The number of rotatable bonds is 5. The first kappa shape index (κ1) is 17.4. The van der Waals surface area contributed by atoms with Crippen LogP contribution in [0.5, 0.6) is 0 Å². The van der Waals surface area contributed by atoms with Gasteiger partial charge in [-0.05, 0) is 55.0 Å². The van der Waals surface area contributed by atoms with E-state index in [0.717, 1.165) is 50.1 Å². The average Bonchev–Trinajstić information content (AvgIpc) is 2.64. The Labute approximate surface area is 148 Å². The fourth-order valence-corrected chi connectivity index (χ4v) is 3.00. The van der Waals surface area contributed by atoms with E-state index in [0.29, 0.717) is 11.6 Å². The fourth-order valence-electron chi connectivity index (χ4n) is 3.00. The van der Waals surface area contributed by atoms with Crippen molar-refractivity contribution in [1.29, 1.82) is 0 Å². The molecule has 0 aliphatic carbocycles. The Balaban J connectivity index is 1.50. The lowest BCUT2D eigenvalue weighted by Crippen LogP contribution is -2.38. The van der Waals surface area contributed by atoms with Crippen molar-refractivity contribution in [1.82, 2.24) is 9.88 Å². The van der Waals surface area contributed by atoms with E-state index in [4.69, 9.17) is 0 Å². The predicted octanol–water partition coefficient (Wildman–Crippen LogP) is 3.75. The van der Waals surface area contributed by atoms with E-state index in [1.807, 2.05) is 11.0 Å². The Morgan fingerprint density at radius 3 is 2.56 bits per heavy atom. The van der Waals surface area contributed by atoms with Crippen molar-refractivity contribution in [3.8, 4) is 0 Å². The van der Waals surface area contributed by atoms with Gasteiger partial charge in [0.2, 0.25) is 0 Å². The third-order valence-electron chi connectivity index (χ3n) is 4.71. The van der Waals surface area contributed by atoms with E-state index in [-0.39, 0.29) is 11.7 Å². The van der Waals surface area contributed by atoms with Crippen LogP contribution in [0, 0.1) is 11.7 Å². The van der Waals surface area contributed by atoms with Crippen LogP contribution < -0.4 is 5.32 Å². The van der Waals surface area contributed by atoms with Gasteiger partial charge in [0.05, 0.1) is 11.9 Å². The van der Waals surface area contributed by atoms with Crippen molar-refractivity contribution in [2.45, 2.75) is 26.2 Å². The Morgan fingerprint density at radius 1 is 1.20 bits per heavy atom. The topological polar surface area (TPSA) is 45.2 Å². The molecule has 1 aromatic heterocycles. The lowest BCUT2D eigenvalue weighted by molar-refractivity contribution is 0.0691. The van der Waals surface area contributed by atoms with Gasteiger partial charge < -0.3 is 10.2 Å². The van der Waals surface area contributed by atoms with Gasteiger partial charge in [-0.15, -0.1) is 0 Å². The van der Waals surface area contributed by atoms with Crippen LogP contribution in [0.25, 0.3) is 0 Å². The second kappa shape index (κ2) is 8.10. The van der Waals surface area contributed by atoms with Crippen LogP contribution in [0.1, 0.15) is 35.8 Å². The number of carbonyl (C=O) groups is 1. The lowest BCUT2D eigenvalue weighted by Gasteiger charge is -2.30. The van der Waals surface area contributed by atoms with Crippen LogP contribution in [0.15, 0.2) is 42.6 Å². The van der Waals surface area contributed by atoms with Crippen molar-refractivity contribution in [3.05, 3.63) is 59.7 Å². The van der Waals surface area contributed by atoms with Gasteiger partial charge in [-0.2, -0.15) is 0 Å². The Bertz CT molecular complexity index is 692. The molecule has 2 heterocycles. The highest BCUT2D eigenvalue weighted by Gasteiger charge is 2.22. The molecule has 132 valence electrons. The highest BCUT2D eigenvalue weighted by Crippen LogP contribution is 2.18.